The molecule has 40 heavy (non-hydrogen) atoms. The third-order valence-corrected chi connectivity index (χ3v) is 11.3. The van der Waals surface area contributed by atoms with Crippen molar-refractivity contribution in [2.75, 3.05) is 51.3 Å². The number of nitrogens with zero attached hydrogens (tertiary/aromatic N) is 5. The first-order valence-corrected chi connectivity index (χ1v) is 15.8. The molecule has 2 bridgehead atoms. The third kappa shape index (κ3) is 5.30. The number of anilines is 1. The first-order chi connectivity index (χ1) is 19.4. The van der Waals surface area contributed by atoms with E-state index in [1.165, 1.54) is 43.5 Å². The first-order valence-electron chi connectivity index (χ1n) is 15.8. The molecule has 2 saturated heterocycles. The van der Waals surface area contributed by atoms with Crippen LogP contribution in [0.1, 0.15) is 64.4 Å². The number of carbonyl (C=O) groups excluding carboxylic acids is 1. The molecule has 1 amide bonds. The van der Waals surface area contributed by atoms with Crippen LogP contribution >= 0.6 is 0 Å². The Labute approximate surface area is 241 Å². The summed E-state index contributed by atoms with van der Waals surface area (Å²) in [6, 6.07) is 14.8. The van der Waals surface area contributed by atoms with Crippen LogP contribution in [0.2, 0.25) is 0 Å². The molecule has 1 aromatic heterocycles. The third-order valence-electron chi connectivity index (χ3n) is 11.3. The second kappa shape index (κ2) is 11.4. The zero-order valence-corrected chi connectivity index (χ0v) is 25.0. The van der Waals surface area contributed by atoms with Crippen LogP contribution in [-0.4, -0.2) is 77.6 Å². The quantitative estimate of drug-likeness (QED) is 0.396. The maximum atomic E-state index is 14.1. The lowest BCUT2D eigenvalue weighted by atomic mass is 9.45. The molecule has 216 valence electrons. The summed E-state index contributed by atoms with van der Waals surface area (Å²) in [6.45, 7) is 11.7. The molecule has 1 spiro atoms. The predicted molar refractivity (Wildman–Crippen MR) is 162 cm³/mol. The Balaban J connectivity index is 1.05. The monoisotopic (exact) mass is 543 g/mol. The normalized spacial score (nSPS) is 27.4. The van der Waals surface area contributed by atoms with Crippen molar-refractivity contribution >= 4 is 11.6 Å². The fourth-order valence-electron chi connectivity index (χ4n) is 8.59. The molecule has 6 nitrogen and oxygen atoms in total. The number of likely N-dealkylation sites (tertiary alicyclic amines) is 1. The molecule has 0 radical (unpaired) electrons. The predicted octanol–water partition coefficient (Wildman–Crippen LogP) is 5.51. The maximum Gasteiger partial charge on any atom is 0.250 e. The van der Waals surface area contributed by atoms with Gasteiger partial charge in [-0.3, -0.25) is 9.78 Å². The summed E-state index contributed by atoms with van der Waals surface area (Å²) in [6.07, 6.45) is 12.2. The Hall–Kier alpha value is -2.44. The number of pyridine rings is 1. The minimum Gasteiger partial charge on any atom is -0.339 e. The number of hydrogen-bond donors (Lipinski definition) is 0. The molecule has 6 heteroatoms. The zero-order chi connectivity index (χ0) is 27.7. The summed E-state index contributed by atoms with van der Waals surface area (Å²) in [5.74, 6) is 3.16. The first kappa shape index (κ1) is 27.7. The average Bonchev–Trinajstić information content (AvgIpc) is 3.24. The van der Waals surface area contributed by atoms with E-state index in [1.54, 1.807) is 0 Å². The van der Waals surface area contributed by atoms with Crippen molar-refractivity contribution in [1.29, 1.82) is 0 Å². The average molecular weight is 544 g/mol. The molecule has 3 aliphatic carbocycles. The Kier molecular flexibility index (Phi) is 7.93. The van der Waals surface area contributed by atoms with Gasteiger partial charge in [0.25, 0.3) is 0 Å². The van der Waals surface area contributed by atoms with Crippen LogP contribution in [0.5, 0.6) is 0 Å². The molecule has 3 saturated carbocycles. The van der Waals surface area contributed by atoms with Crippen molar-refractivity contribution < 1.29 is 4.79 Å². The van der Waals surface area contributed by atoms with Gasteiger partial charge in [-0.15, -0.1) is 0 Å². The van der Waals surface area contributed by atoms with Gasteiger partial charge in [0.2, 0.25) is 5.91 Å². The summed E-state index contributed by atoms with van der Waals surface area (Å²) in [4.78, 5) is 27.8. The summed E-state index contributed by atoms with van der Waals surface area (Å²) in [5.41, 5.74) is 2.64. The number of fused-ring (bicyclic) bond motifs is 2. The molecule has 5 fully saturated rings. The lowest BCUT2D eigenvalue weighted by Gasteiger charge is -2.60. The van der Waals surface area contributed by atoms with Crippen LogP contribution in [0.15, 0.2) is 54.9 Å². The Morgan fingerprint density at radius 2 is 1.75 bits per heavy atom. The van der Waals surface area contributed by atoms with Crippen molar-refractivity contribution in [3.8, 4) is 0 Å². The largest absolute Gasteiger partial charge is 0.339 e. The van der Waals surface area contributed by atoms with Crippen molar-refractivity contribution in [2.45, 2.75) is 70.9 Å². The number of piperidine rings is 1. The van der Waals surface area contributed by atoms with E-state index in [-0.39, 0.29) is 0 Å². The number of rotatable bonds is 10. The smallest absolute Gasteiger partial charge is 0.250 e. The van der Waals surface area contributed by atoms with Gasteiger partial charge in [0.15, 0.2) is 0 Å². The molecule has 3 heterocycles. The van der Waals surface area contributed by atoms with E-state index in [1.807, 2.05) is 12.4 Å². The van der Waals surface area contributed by atoms with Gasteiger partial charge in [0, 0.05) is 44.3 Å². The van der Waals surface area contributed by atoms with E-state index in [0.29, 0.717) is 18.0 Å². The van der Waals surface area contributed by atoms with Gasteiger partial charge in [0.05, 0.1) is 6.67 Å². The second-order valence-electron chi connectivity index (χ2n) is 13.8. The number of aromatic nitrogens is 1. The van der Waals surface area contributed by atoms with E-state index < -0.39 is 5.54 Å². The second-order valence-corrected chi connectivity index (χ2v) is 13.8. The van der Waals surface area contributed by atoms with Gasteiger partial charge in [0.1, 0.15) is 5.54 Å². The summed E-state index contributed by atoms with van der Waals surface area (Å²) >= 11 is 0. The standard InChI is InChI=1S/C34H49N5O/c1-33(2)29-11-10-28(31(33)24-29)14-21-37-22-15-34(16-23-37)32(40)38(26-39(34)30-8-5-4-6-9-30)20-7-19-36(3)25-27-12-17-35-18-13-27/h4-6,8-9,12-13,17-18,28-29,31H,7,10-11,14-16,19-26H2,1-3H3. The van der Waals surface area contributed by atoms with Crippen molar-refractivity contribution in [1.82, 2.24) is 19.7 Å². The Bertz CT molecular complexity index is 1130. The highest BCUT2D eigenvalue weighted by molar-refractivity contribution is 5.93. The molecular weight excluding hydrogens is 494 g/mol. The van der Waals surface area contributed by atoms with Gasteiger partial charge in [-0.25, -0.2) is 0 Å². The van der Waals surface area contributed by atoms with Gasteiger partial charge >= 0.3 is 0 Å². The fourth-order valence-corrected chi connectivity index (χ4v) is 8.59. The molecule has 1 aromatic carbocycles. The molecular formula is C34H49N5O. The van der Waals surface area contributed by atoms with Crippen LogP contribution < -0.4 is 4.90 Å². The zero-order valence-electron chi connectivity index (χ0n) is 25.0. The Morgan fingerprint density at radius 3 is 2.45 bits per heavy atom. The van der Waals surface area contributed by atoms with Crippen LogP contribution in [0, 0.1) is 23.2 Å². The number of carbonyl (C=O) groups is 1. The minimum atomic E-state index is -0.394. The molecule has 5 aliphatic rings. The van der Waals surface area contributed by atoms with Gasteiger partial charge < -0.3 is 19.6 Å². The maximum absolute atomic E-state index is 14.1. The van der Waals surface area contributed by atoms with Gasteiger partial charge in [-0.2, -0.15) is 0 Å². The highest BCUT2D eigenvalue weighted by Gasteiger charge is 2.55. The Morgan fingerprint density at radius 1 is 1.00 bits per heavy atom. The molecule has 7 rings (SSSR count). The fraction of sp³-hybridized carbons (Fsp3) is 0.647. The van der Waals surface area contributed by atoms with E-state index in [2.05, 4.69) is 87.9 Å². The van der Waals surface area contributed by atoms with Crippen LogP contribution in [0.3, 0.4) is 0 Å². The summed E-state index contributed by atoms with van der Waals surface area (Å²) < 4.78 is 0. The lowest BCUT2D eigenvalue weighted by molar-refractivity contribution is -0.133. The topological polar surface area (TPSA) is 42.9 Å². The van der Waals surface area contributed by atoms with E-state index in [4.69, 9.17) is 0 Å². The molecule has 2 aromatic rings. The molecule has 3 unspecified atom stereocenters. The van der Waals surface area contributed by atoms with Crippen molar-refractivity contribution in [3.05, 3.63) is 60.4 Å². The number of amides is 1. The van der Waals surface area contributed by atoms with Crippen LogP contribution in [0.25, 0.3) is 0 Å². The van der Waals surface area contributed by atoms with Gasteiger partial charge in [-0.05, 0) is 118 Å². The van der Waals surface area contributed by atoms with E-state index >= 15 is 0 Å². The highest BCUT2D eigenvalue weighted by atomic mass is 16.2. The molecule has 2 aliphatic heterocycles. The minimum absolute atomic E-state index is 0.349. The molecule has 3 atom stereocenters. The summed E-state index contributed by atoms with van der Waals surface area (Å²) in [7, 11) is 2.16. The molecule has 0 N–H and O–H groups in total. The number of hydrogen-bond acceptors (Lipinski definition) is 5. The lowest BCUT2D eigenvalue weighted by Crippen LogP contribution is -2.57. The highest BCUT2D eigenvalue weighted by Crippen LogP contribution is 2.62. The van der Waals surface area contributed by atoms with Crippen molar-refractivity contribution in [3.63, 3.8) is 0 Å². The summed E-state index contributed by atoms with van der Waals surface area (Å²) in [5, 5.41) is 0. The number of para-hydroxylation sites is 1. The number of benzene rings is 1. The van der Waals surface area contributed by atoms with E-state index in [9.17, 15) is 4.79 Å². The van der Waals surface area contributed by atoms with Gasteiger partial charge in [-0.1, -0.05) is 32.0 Å². The van der Waals surface area contributed by atoms with Crippen LogP contribution in [-0.2, 0) is 11.3 Å². The van der Waals surface area contributed by atoms with E-state index in [0.717, 1.165) is 69.7 Å². The SMILES string of the molecule is CN(CCCN1CN(c2ccccc2)C2(CCN(CCC3CCC4CC3C4(C)C)CC2)C1=O)Cc1ccncc1. The van der Waals surface area contributed by atoms with Crippen molar-refractivity contribution in [2.24, 2.45) is 23.2 Å². The van der Waals surface area contributed by atoms with Crippen LogP contribution in [0.4, 0.5) is 5.69 Å².